The molecule has 1 aromatic rings. The molecule has 1 aliphatic heterocycles. The monoisotopic (exact) mass is 276 g/mol. The van der Waals surface area contributed by atoms with Crippen molar-refractivity contribution in [2.45, 2.75) is 0 Å². The first-order valence-electron chi connectivity index (χ1n) is 7.01. The van der Waals surface area contributed by atoms with Crippen LogP contribution < -0.4 is 21.5 Å². The van der Waals surface area contributed by atoms with E-state index in [9.17, 15) is 0 Å². The highest BCUT2D eigenvalue weighted by Gasteiger charge is 2.09. The Hall–Kier alpha value is -1.63. The average molecular weight is 276 g/mol. The lowest BCUT2D eigenvalue weighted by atomic mass is 10.2. The molecule has 0 saturated carbocycles. The molecule has 110 valence electrons. The van der Waals surface area contributed by atoms with Crippen LogP contribution in [0.15, 0.2) is 24.3 Å². The highest BCUT2D eigenvalue weighted by Crippen LogP contribution is 2.12. The van der Waals surface area contributed by atoms with E-state index in [1.807, 2.05) is 24.3 Å². The van der Waals surface area contributed by atoms with E-state index in [4.69, 9.17) is 11.3 Å². The Balaban J connectivity index is 1.80. The zero-order valence-electron chi connectivity index (χ0n) is 12.0. The fourth-order valence-electron chi connectivity index (χ4n) is 2.26. The first-order valence-corrected chi connectivity index (χ1v) is 7.01. The minimum Gasteiger partial charge on any atom is -0.369 e. The Morgan fingerprint density at radius 3 is 2.90 bits per heavy atom. The second-order valence-corrected chi connectivity index (χ2v) is 5.05. The van der Waals surface area contributed by atoms with Gasteiger partial charge in [-0.2, -0.15) is 0 Å². The van der Waals surface area contributed by atoms with Crippen LogP contribution in [0.25, 0.3) is 0 Å². The summed E-state index contributed by atoms with van der Waals surface area (Å²) in [6.07, 6.45) is 0. The summed E-state index contributed by atoms with van der Waals surface area (Å²) >= 11 is 0. The SMILES string of the molecule is CN(N)c1cccc(C(=N)NCCN2CCNCC2)c1. The topological polar surface area (TPSA) is 80.4 Å². The van der Waals surface area contributed by atoms with Crippen LogP contribution in [-0.4, -0.2) is 57.1 Å². The van der Waals surface area contributed by atoms with Gasteiger partial charge in [0, 0.05) is 51.9 Å². The van der Waals surface area contributed by atoms with Crippen molar-refractivity contribution in [3.8, 4) is 0 Å². The van der Waals surface area contributed by atoms with Crippen LogP contribution in [0.5, 0.6) is 0 Å². The molecule has 6 heteroatoms. The number of piperazine rings is 1. The van der Waals surface area contributed by atoms with E-state index in [-0.39, 0.29) is 0 Å². The molecule has 0 aromatic heterocycles. The van der Waals surface area contributed by atoms with E-state index in [2.05, 4.69) is 15.5 Å². The van der Waals surface area contributed by atoms with Crippen molar-refractivity contribution in [1.82, 2.24) is 15.5 Å². The Bertz CT molecular complexity index is 439. The highest BCUT2D eigenvalue weighted by molar-refractivity contribution is 5.97. The highest BCUT2D eigenvalue weighted by atomic mass is 15.4. The lowest BCUT2D eigenvalue weighted by molar-refractivity contribution is 0.245. The molecule has 5 N–H and O–H groups in total. The number of amidine groups is 1. The first kappa shape index (κ1) is 14.8. The van der Waals surface area contributed by atoms with Gasteiger partial charge in [-0.1, -0.05) is 12.1 Å². The maximum atomic E-state index is 8.08. The largest absolute Gasteiger partial charge is 0.369 e. The fourth-order valence-corrected chi connectivity index (χ4v) is 2.26. The number of hydrogen-bond donors (Lipinski definition) is 4. The van der Waals surface area contributed by atoms with Crippen molar-refractivity contribution in [1.29, 1.82) is 5.41 Å². The number of nitrogens with one attached hydrogen (secondary N) is 3. The summed E-state index contributed by atoms with van der Waals surface area (Å²) in [6.45, 7) is 6.05. The predicted molar refractivity (Wildman–Crippen MR) is 83.2 cm³/mol. The van der Waals surface area contributed by atoms with Crippen molar-refractivity contribution in [2.75, 3.05) is 51.3 Å². The molecular weight excluding hydrogens is 252 g/mol. The summed E-state index contributed by atoms with van der Waals surface area (Å²) in [7, 11) is 1.79. The molecule has 1 aromatic carbocycles. The number of nitrogens with zero attached hydrogens (tertiary/aromatic N) is 2. The second-order valence-electron chi connectivity index (χ2n) is 5.05. The number of nitrogens with two attached hydrogens (primary N) is 1. The Kier molecular flexibility index (Phi) is 5.34. The molecule has 1 heterocycles. The van der Waals surface area contributed by atoms with E-state index in [0.717, 1.165) is 50.5 Å². The van der Waals surface area contributed by atoms with Crippen LogP contribution in [0.2, 0.25) is 0 Å². The van der Waals surface area contributed by atoms with Gasteiger partial charge in [-0.15, -0.1) is 0 Å². The molecule has 0 unspecified atom stereocenters. The summed E-state index contributed by atoms with van der Waals surface area (Å²) < 4.78 is 0. The number of rotatable bonds is 5. The number of anilines is 1. The smallest absolute Gasteiger partial charge is 0.125 e. The van der Waals surface area contributed by atoms with E-state index >= 15 is 0 Å². The molecule has 0 radical (unpaired) electrons. The van der Waals surface area contributed by atoms with Gasteiger partial charge < -0.3 is 15.6 Å². The lowest BCUT2D eigenvalue weighted by Crippen LogP contribution is -2.46. The number of hydrazine groups is 1. The van der Waals surface area contributed by atoms with Gasteiger partial charge in [0.15, 0.2) is 0 Å². The Morgan fingerprint density at radius 2 is 2.20 bits per heavy atom. The van der Waals surface area contributed by atoms with Gasteiger partial charge in [0.1, 0.15) is 5.84 Å². The minimum absolute atomic E-state index is 0.448. The quantitative estimate of drug-likeness (QED) is 0.260. The van der Waals surface area contributed by atoms with E-state index in [1.165, 1.54) is 0 Å². The van der Waals surface area contributed by atoms with Gasteiger partial charge in [-0.3, -0.25) is 10.3 Å². The van der Waals surface area contributed by atoms with Crippen molar-refractivity contribution in [3.63, 3.8) is 0 Å². The zero-order chi connectivity index (χ0) is 14.4. The van der Waals surface area contributed by atoms with Crippen LogP contribution in [0.3, 0.4) is 0 Å². The first-order chi connectivity index (χ1) is 9.66. The van der Waals surface area contributed by atoms with Crippen molar-refractivity contribution in [2.24, 2.45) is 5.84 Å². The second kappa shape index (κ2) is 7.23. The van der Waals surface area contributed by atoms with Gasteiger partial charge >= 0.3 is 0 Å². The molecule has 0 atom stereocenters. The van der Waals surface area contributed by atoms with Crippen molar-refractivity contribution < 1.29 is 0 Å². The lowest BCUT2D eigenvalue weighted by Gasteiger charge is -2.27. The number of benzene rings is 1. The maximum absolute atomic E-state index is 8.08. The van der Waals surface area contributed by atoms with Crippen LogP contribution in [0.4, 0.5) is 5.69 Å². The molecule has 0 bridgehead atoms. The average Bonchev–Trinajstić information content (AvgIpc) is 2.48. The predicted octanol–water partition coefficient (Wildman–Crippen LogP) is -0.183. The summed E-state index contributed by atoms with van der Waals surface area (Å²) in [5.41, 5.74) is 1.76. The fraction of sp³-hybridized carbons (Fsp3) is 0.500. The summed E-state index contributed by atoms with van der Waals surface area (Å²) in [5.74, 6) is 6.16. The van der Waals surface area contributed by atoms with Gasteiger partial charge in [-0.05, 0) is 12.1 Å². The molecule has 0 amide bonds. The summed E-state index contributed by atoms with van der Waals surface area (Å²) in [6, 6.07) is 7.69. The van der Waals surface area contributed by atoms with Crippen LogP contribution in [-0.2, 0) is 0 Å². The van der Waals surface area contributed by atoms with E-state index < -0.39 is 0 Å². The number of hydrogen-bond acceptors (Lipinski definition) is 5. The van der Waals surface area contributed by atoms with Gasteiger partial charge in [0.2, 0.25) is 0 Å². The molecule has 1 saturated heterocycles. The maximum Gasteiger partial charge on any atom is 0.125 e. The Labute approximate surface area is 120 Å². The molecule has 20 heavy (non-hydrogen) atoms. The summed E-state index contributed by atoms with van der Waals surface area (Å²) in [5, 5.41) is 16.1. The van der Waals surface area contributed by atoms with Crippen molar-refractivity contribution >= 4 is 11.5 Å². The molecular formula is C14H24N6. The normalized spacial score (nSPS) is 15.9. The summed E-state index contributed by atoms with van der Waals surface area (Å²) in [4.78, 5) is 2.40. The van der Waals surface area contributed by atoms with Crippen LogP contribution >= 0.6 is 0 Å². The molecule has 1 aliphatic rings. The van der Waals surface area contributed by atoms with Crippen molar-refractivity contribution in [3.05, 3.63) is 29.8 Å². The third kappa shape index (κ3) is 4.19. The zero-order valence-corrected chi connectivity index (χ0v) is 12.0. The third-order valence-corrected chi connectivity index (χ3v) is 3.48. The minimum atomic E-state index is 0.448. The van der Waals surface area contributed by atoms with Crippen LogP contribution in [0, 0.1) is 5.41 Å². The standard InChI is InChI=1S/C14H24N6/c1-19(16)13-4-2-3-12(11-13)14(15)18-7-10-20-8-5-17-6-9-20/h2-4,11,17H,5-10,16H2,1H3,(H2,15,18). The molecule has 2 rings (SSSR count). The van der Waals surface area contributed by atoms with Gasteiger partial charge in [0.05, 0.1) is 5.69 Å². The Morgan fingerprint density at radius 1 is 1.45 bits per heavy atom. The molecule has 0 spiro atoms. The van der Waals surface area contributed by atoms with Gasteiger partial charge in [-0.25, -0.2) is 5.84 Å². The van der Waals surface area contributed by atoms with Gasteiger partial charge in [0.25, 0.3) is 0 Å². The molecule has 0 aliphatic carbocycles. The van der Waals surface area contributed by atoms with E-state index in [1.54, 1.807) is 12.1 Å². The molecule has 1 fully saturated rings. The van der Waals surface area contributed by atoms with E-state index in [0.29, 0.717) is 5.84 Å². The van der Waals surface area contributed by atoms with Crippen LogP contribution in [0.1, 0.15) is 5.56 Å². The molecule has 6 nitrogen and oxygen atoms in total. The third-order valence-electron chi connectivity index (χ3n) is 3.48.